The minimum absolute atomic E-state index is 0.0463. The highest BCUT2D eigenvalue weighted by molar-refractivity contribution is 5.88. The van der Waals surface area contributed by atoms with Gasteiger partial charge in [0.15, 0.2) is 0 Å². The summed E-state index contributed by atoms with van der Waals surface area (Å²) < 4.78 is 19.2. The Hall–Kier alpha value is -3.29. The first-order valence-electron chi connectivity index (χ1n) is 8.82. The Morgan fingerprint density at radius 3 is 2.93 bits per heavy atom. The monoisotopic (exact) mass is 365 g/mol. The third-order valence-electron chi connectivity index (χ3n) is 5.25. The Labute approximate surface area is 154 Å². The van der Waals surface area contributed by atoms with E-state index in [1.54, 1.807) is 11.0 Å². The number of nitrogens with one attached hydrogen (secondary N) is 1. The van der Waals surface area contributed by atoms with E-state index >= 15 is 0 Å². The molecular weight excluding hydrogens is 349 g/mol. The topological polar surface area (TPSA) is 84.2 Å². The van der Waals surface area contributed by atoms with Gasteiger partial charge in [0, 0.05) is 23.4 Å². The van der Waals surface area contributed by atoms with Crippen LogP contribution in [0.2, 0.25) is 0 Å². The highest BCUT2D eigenvalue weighted by Crippen LogP contribution is 2.44. The van der Waals surface area contributed by atoms with Crippen molar-refractivity contribution in [3.63, 3.8) is 0 Å². The van der Waals surface area contributed by atoms with Gasteiger partial charge in [-0.05, 0) is 30.9 Å². The minimum atomic E-state index is -0.436. The lowest BCUT2D eigenvalue weighted by Crippen LogP contribution is -2.44. The maximum absolute atomic E-state index is 14.0. The van der Waals surface area contributed by atoms with Crippen LogP contribution in [-0.4, -0.2) is 32.1 Å². The van der Waals surface area contributed by atoms with Gasteiger partial charge in [0.05, 0.1) is 6.04 Å². The van der Waals surface area contributed by atoms with Crippen LogP contribution in [-0.2, 0) is 6.42 Å². The van der Waals surface area contributed by atoms with Crippen molar-refractivity contribution in [2.75, 3.05) is 5.32 Å². The van der Waals surface area contributed by atoms with Gasteiger partial charge in [-0.2, -0.15) is 9.37 Å². The Bertz CT molecular complexity index is 1010. The van der Waals surface area contributed by atoms with E-state index in [0.29, 0.717) is 17.8 Å². The van der Waals surface area contributed by atoms with Crippen molar-refractivity contribution in [2.45, 2.75) is 31.3 Å². The second kappa shape index (κ2) is 6.15. The van der Waals surface area contributed by atoms with E-state index in [2.05, 4.69) is 20.4 Å². The Kier molecular flexibility index (Phi) is 3.63. The summed E-state index contributed by atoms with van der Waals surface area (Å²) >= 11 is 0. The standard InChI is InChI=1S/C19H16FN5O2/c20-16-14-10-12-6-7-15(13(14)8-9-21-16)25(12)19(26)23-18-22-17(24-27-18)11-4-2-1-3-5-11/h1-5,8-9,12,15H,6-7,10H2,(H,22,23,24,26). The quantitative estimate of drug-likeness (QED) is 0.702. The molecule has 1 fully saturated rings. The summed E-state index contributed by atoms with van der Waals surface area (Å²) in [6.45, 7) is 0. The summed E-state index contributed by atoms with van der Waals surface area (Å²) in [5.41, 5.74) is 2.26. The zero-order valence-corrected chi connectivity index (χ0v) is 14.3. The fourth-order valence-corrected chi connectivity index (χ4v) is 4.06. The highest BCUT2D eigenvalue weighted by atomic mass is 19.1. The van der Waals surface area contributed by atoms with Gasteiger partial charge in [-0.25, -0.2) is 9.78 Å². The average molecular weight is 365 g/mol. The van der Waals surface area contributed by atoms with Gasteiger partial charge < -0.3 is 9.42 Å². The second-order valence-corrected chi connectivity index (χ2v) is 6.75. The lowest BCUT2D eigenvalue weighted by Gasteiger charge is -2.35. The van der Waals surface area contributed by atoms with Crippen molar-refractivity contribution in [3.8, 4) is 11.4 Å². The number of halogens is 1. The first-order chi connectivity index (χ1) is 13.2. The van der Waals surface area contributed by atoms with Crippen LogP contribution in [0.15, 0.2) is 47.1 Å². The minimum Gasteiger partial charge on any atom is -0.315 e. The first-order valence-corrected chi connectivity index (χ1v) is 8.82. The van der Waals surface area contributed by atoms with Gasteiger partial charge in [-0.3, -0.25) is 5.32 Å². The molecule has 0 aliphatic carbocycles. The lowest BCUT2D eigenvalue weighted by atomic mass is 9.95. The summed E-state index contributed by atoms with van der Waals surface area (Å²) in [5, 5.41) is 6.59. The number of carbonyl (C=O) groups is 1. The van der Waals surface area contributed by atoms with Crippen LogP contribution in [0.4, 0.5) is 15.2 Å². The molecular formula is C19H16FN5O2. The number of amides is 2. The van der Waals surface area contributed by atoms with Crippen molar-refractivity contribution >= 4 is 12.0 Å². The molecule has 7 nitrogen and oxygen atoms in total. The zero-order valence-electron chi connectivity index (χ0n) is 14.3. The van der Waals surface area contributed by atoms with Gasteiger partial charge in [-0.1, -0.05) is 35.5 Å². The number of carbonyl (C=O) groups excluding carboxylic acids is 1. The van der Waals surface area contributed by atoms with Crippen LogP contribution < -0.4 is 5.32 Å². The van der Waals surface area contributed by atoms with Crippen molar-refractivity contribution in [1.82, 2.24) is 20.0 Å². The Morgan fingerprint density at radius 2 is 2.07 bits per heavy atom. The van der Waals surface area contributed by atoms with Crippen LogP contribution >= 0.6 is 0 Å². The van der Waals surface area contributed by atoms with Crippen LogP contribution in [0.1, 0.15) is 30.0 Å². The molecule has 5 rings (SSSR count). The van der Waals surface area contributed by atoms with Gasteiger partial charge in [-0.15, -0.1) is 0 Å². The number of hydrogen-bond acceptors (Lipinski definition) is 5. The molecule has 0 radical (unpaired) electrons. The molecule has 2 amide bonds. The number of anilines is 1. The predicted octanol–water partition coefficient (Wildman–Crippen LogP) is 3.56. The van der Waals surface area contributed by atoms with Crippen molar-refractivity contribution in [3.05, 3.63) is 59.7 Å². The SMILES string of the molecule is O=C(Nc1nc(-c2ccccc2)no1)N1C2CCC1c1ccnc(F)c1C2. The number of pyridine rings is 1. The van der Waals surface area contributed by atoms with E-state index in [1.807, 2.05) is 30.3 Å². The molecule has 0 saturated carbocycles. The molecule has 2 aliphatic rings. The van der Waals surface area contributed by atoms with Crippen LogP contribution in [0.25, 0.3) is 11.4 Å². The summed E-state index contributed by atoms with van der Waals surface area (Å²) in [4.78, 5) is 22.6. The maximum atomic E-state index is 14.0. The van der Waals surface area contributed by atoms with E-state index in [1.165, 1.54) is 6.20 Å². The van der Waals surface area contributed by atoms with E-state index < -0.39 is 5.95 Å². The molecule has 2 atom stereocenters. The number of fused-ring (bicyclic) bond motifs is 4. The molecule has 2 aromatic heterocycles. The second-order valence-electron chi connectivity index (χ2n) is 6.75. The summed E-state index contributed by atoms with van der Waals surface area (Å²) in [6, 6.07) is 10.7. The van der Waals surface area contributed by atoms with E-state index in [-0.39, 0.29) is 24.1 Å². The van der Waals surface area contributed by atoms with Crippen LogP contribution in [0, 0.1) is 5.95 Å². The molecule has 2 aliphatic heterocycles. The van der Waals surface area contributed by atoms with Gasteiger partial charge in [0.1, 0.15) is 0 Å². The third-order valence-corrected chi connectivity index (χ3v) is 5.25. The summed E-state index contributed by atoms with van der Waals surface area (Å²) in [6.07, 6.45) is 3.55. The third kappa shape index (κ3) is 2.64. The smallest absolute Gasteiger partial charge is 0.315 e. The van der Waals surface area contributed by atoms with E-state index in [9.17, 15) is 9.18 Å². The van der Waals surface area contributed by atoms with E-state index in [0.717, 1.165) is 24.0 Å². The molecule has 2 unspecified atom stereocenters. The molecule has 0 spiro atoms. The van der Waals surface area contributed by atoms with Gasteiger partial charge >= 0.3 is 12.0 Å². The largest absolute Gasteiger partial charge is 0.329 e. The zero-order chi connectivity index (χ0) is 18.4. The average Bonchev–Trinajstić information content (AvgIpc) is 3.27. The van der Waals surface area contributed by atoms with Gasteiger partial charge in [0.2, 0.25) is 11.8 Å². The molecule has 1 N–H and O–H groups in total. The molecule has 27 heavy (non-hydrogen) atoms. The van der Waals surface area contributed by atoms with Crippen molar-refractivity contribution < 1.29 is 13.7 Å². The molecule has 1 aromatic carbocycles. The number of urea groups is 1. The first kappa shape index (κ1) is 15.9. The van der Waals surface area contributed by atoms with Gasteiger partial charge in [0.25, 0.3) is 0 Å². The maximum Gasteiger partial charge on any atom is 0.329 e. The van der Waals surface area contributed by atoms with Crippen LogP contribution in [0.3, 0.4) is 0 Å². The molecule has 4 heterocycles. The molecule has 136 valence electrons. The fourth-order valence-electron chi connectivity index (χ4n) is 4.06. The predicted molar refractivity (Wildman–Crippen MR) is 94.3 cm³/mol. The number of benzene rings is 1. The molecule has 2 bridgehead atoms. The van der Waals surface area contributed by atoms with Crippen molar-refractivity contribution in [2.24, 2.45) is 0 Å². The van der Waals surface area contributed by atoms with Crippen LogP contribution in [0.5, 0.6) is 0 Å². The van der Waals surface area contributed by atoms with Crippen molar-refractivity contribution in [1.29, 1.82) is 0 Å². The number of aromatic nitrogens is 3. The molecule has 3 aromatic rings. The fraction of sp³-hybridized carbons (Fsp3) is 0.263. The number of hydrogen-bond donors (Lipinski definition) is 1. The normalized spacial score (nSPS) is 20.4. The Balaban J connectivity index is 1.37. The molecule has 1 saturated heterocycles. The Morgan fingerprint density at radius 1 is 1.22 bits per heavy atom. The number of rotatable bonds is 2. The highest BCUT2D eigenvalue weighted by Gasteiger charge is 2.44. The number of nitrogens with zero attached hydrogens (tertiary/aromatic N) is 4. The lowest BCUT2D eigenvalue weighted by molar-refractivity contribution is 0.177. The van der Waals surface area contributed by atoms with E-state index in [4.69, 9.17) is 4.52 Å². The summed E-state index contributed by atoms with van der Waals surface area (Å²) in [7, 11) is 0. The molecule has 8 heteroatoms. The summed E-state index contributed by atoms with van der Waals surface area (Å²) in [5.74, 6) is -0.0279.